The summed E-state index contributed by atoms with van der Waals surface area (Å²) in [6, 6.07) is 8.13. The maximum Gasteiger partial charge on any atom is 0.220 e. The number of hydrogen-bond acceptors (Lipinski definition) is 2. The van der Waals surface area contributed by atoms with Crippen LogP contribution >= 0.6 is 11.6 Å². The highest BCUT2D eigenvalue weighted by Crippen LogP contribution is 2.52. The minimum Gasteiger partial charge on any atom is -0.354 e. The van der Waals surface area contributed by atoms with Crippen molar-refractivity contribution in [3.63, 3.8) is 0 Å². The Morgan fingerprint density at radius 1 is 1.32 bits per heavy atom. The quantitative estimate of drug-likeness (QED) is 0.660. The zero-order valence-electron chi connectivity index (χ0n) is 15.9. The van der Waals surface area contributed by atoms with E-state index < -0.39 is 5.54 Å². The van der Waals surface area contributed by atoms with Crippen molar-refractivity contribution in [2.24, 2.45) is 11.7 Å². The van der Waals surface area contributed by atoms with Gasteiger partial charge in [-0.25, -0.2) is 0 Å². The molecule has 1 aromatic carbocycles. The van der Waals surface area contributed by atoms with E-state index >= 15 is 0 Å². The first-order valence-corrected chi connectivity index (χ1v) is 10.0. The third kappa shape index (κ3) is 4.57. The van der Waals surface area contributed by atoms with Gasteiger partial charge in [0.1, 0.15) is 0 Å². The number of unbranched alkanes of at least 4 members (excludes halogenated alkanes) is 1. The van der Waals surface area contributed by atoms with Gasteiger partial charge in [-0.3, -0.25) is 4.79 Å². The minimum atomic E-state index is -0.435. The van der Waals surface area contributed by atoms with Crippen LogP contribution in [0, 0.1) is 5.92 Å². The van der Waals surface area contributed by atoms with Crippen LogP contribution in [-0.4, -0.2) is 18.0 Å². The fourth-order valence-corrected chi connectivity index (χ4v) is 4.35. The number of nitrogens with one attached hydrogen (secondary N) is 1. The second-order valence-electron chi connectivity index (χ2n) is 8.08. The number of benzene rings is 1. The summed E-state index contributed by atoms with van der Waals surface area (Å²) in [5.74, 6) is 0.591. The van der Waals surface area contributed by atoms with E-state index in [2.05, 4.69) is 38.2 Å². The van der Waals surface area contributed by atoms with Crippen LogP contribution in [0.15, 0.2) is 24.3 Å². The molecule has 0 unspecified atom stereocenters. The number of carbonyl (C=O) groups is 1. The Labute approximate surface area is 157 Å². The van der Waals surface area contributed by atoms with Crippen LogP contribution in [0.2, 0.25) is 5.02 Å². The largest absolute Gasteiger partial charge is 0.354 e. The molecule has 0 radical (unpaired) electrons. The van der Waals surface area contributed by atoms with Gasteiger partial charge >= 0.3 is 0 Å². The minimum absolute atomic E-state index is 0.0695. The molecule has 1 saturated carbocycles. The lowest BCUT2D eigenvalue weighted by atomic mass is 9.52. The summed E-state index contributed by atoms with van der Waals surface area (Å²) in [4.78, 5) is 12.2. The van der Waals surface area contributed by atoms with Crippen LogP contribution in [0.3, 0.4) is 0 Å². The summed E-state index contributed by atoms with van der Waals surface area (Å²) in [6.07, 6.45) is 6.76. The van der Waals surface area contributed by atoms with Crippen LogP contribution in [0.1, 0.15) is 71.3 Å². The molecule has 1 aliphatic carbocycles. The highest BCUT2D eigenvalue weighted by Gasteiger charge is 2.53. The Bertz CT molecular complexity index is 566. The number of carbonyl (C=O) groups excluding carboxylic acids is 1. The summed E-state index contributed by atoms with van der Waals surface area (Å²) in [6.45, 7) is 7.04. The highest BCUT2D eigenvalue weighted by atomic mass is 35.5. The topological polar surface area (TPSA) is 55.1 Å². The molecule has 0 bridgehead atoms. The van der Waals surface area contributed by atoms with Crippen molar-refractivity contribution in [2.75, 3.05) is 6.54 Å². The predicted octanol–water partition coefficient (Wildman–Crippen LogP) is 4.81. The van der Waals surface area contributed by atoms with Gasteiger partial charge < -0.3 is 11.1 Å². The Morgan fingerprint density at radius 2 is 1.96 bits per heavy atom. The lowest BCUT2D eigenvalue weighted by molar-refractivity contribution is -0.121. The number of rotatable bonds is 9. The van der Waals surface area contributed by atoms with Crippen molar-refractivity contribution in [1.82, 2.24) is 5.32 Å². The molecule has 4 heteroatoms. The van der Waals surface area contributed by atoms with E-state index in [1.165, 1.54) is 12.0 Å². The van der Waals surface area contributed by atoms with Gasteiger partial charge in [0.25, 0.3) is 0 Å². The van der Waals surface area contributed by atoms with Gasteiger partial charge in [-0.05, 0) is 49.3 Å². The molecular formula is C21H33ClN2O. The van der Waals surface area contributed by atoms with E-state index in [0.717, 1.165) is 37.1 Å². The summed E-state index contributed by atoms with van der Waals surface area (Å²) < 4.78 is 0. The molecule has 140 valence electrons. The summed E-state index contributed by atoms with van der Waals surface area (Å²) in [5, 5.41) is 3.88. The monoisotopic (exact) mass is 364 g/mol. The first kappa shape index (κ1) is 20.3. The Hall–Kier alpha value is -1.06. The standard InChI is InChI=1S/C21H33ClN2O/c1-4-5-7-19(25)24-15-21(23,14-16(2)3)20(12-6-13-20)17-8-10-18(22)11-9-17/h8-11,16H,4-7,12-15,23H2,1-3H3,(H,24,25)/t21-/m0/s1. The third-order valence-electron chi connectivity index (χ3n) is 5.69. The van der Waals surface area contributed by atoms with Gasteiger partial charge in [0, 0.05) is 28.9 Å². The molecule has 1 aliphatic rings. The van der Waals surface area contributed by atoms with E-state index in [1.54, 1.807) is 0 Å². The van der Waals surface area contributed by atoms with Gasteiger partial charge in [-0.15, -0.1) is 0 Å². The average Bonchev–Trinajstić information content (AvgIpc) is 2.51. The number of nitrogens with two attached hydrogens (primary N) is 1. The van der Waals surface area contributed by atoms with E-state index in [1.807, 2.05) is 12.1 Å². The molecule has 2 rings (SSSR count). The number of hydrogen-bond donors (Lipinski definition) is 2. The second-order valence-corrected chi connectivity index (χ2v) is 8.51. The molecule has 1 amide bonds. The molecule has 1 fully saturated rings. The zero-order valence-corrected chi connectivity index (χ0v) is 16.7. The van der Waals surface area contributed by atoms with Gasteiger partial charge in [-0.2, -0.15) is 0 Å². The van der Waals surface area contributed by atoms with E-state index in [-0.39, 0.29) is 11.3 Å². The first-order chi connectivity index (χ1) is 11.8. The SMILES string of the molecule is CCCCC(=O)NC[C@@](N)(CC(C)C)C1(c2ccc(Cl)cc2)CCC1. The van der Waals surface area contributed by atoms with Crippen LogP contribution in [0.25, 0.3) is 0 Å². The number of amides is 1. The van der Waals surface area contributed by atoms with Crippen molar-refractivity contribution in [3.05, 3.63) is 34.9 Å². The van der Waals surface area contributed by atoms with Gasteiger partial charge in [0.05, 0.1) is 0 Å². The van der Waals surface area contributed by atoms with E-state index in [0.29, 0.717) is 18.9 Å². The van der Waals surface area contributed by atoms with Crippen LogP contribution in [-0.2, 0) is 10.2 Å². The van der Waals surface area contributed by atoms with E-state index in [9.17, 15) is 4.79 Å². The Balaban J connectivity index is 2.24. The molecule has 0 aliphatic heterocycles. The lowest BCUT2D eigenvalue weighted by Gasteiger charge is -2.55. The molecule has 0 aromatic heterocycles. The predicted molar refractivity (Wildman–Crippen MR) is 106 cm³/mol. The number of halogens is 1. The van der Waals surface area contributed by atoms with Gasteiger partial charge in [0.15, 0.2) is 0 Å². The Kier molecular flexibility index (Phi) is 6.93. The molecule has 0 heterocycles. The third-order valence-corrected chi connectivity index (χ3v) is 5.94. The van der Waals surface area contributed by atoms with Crippen molar-refractivity contribution >= 4 is 17.5 Å². The normalized spacial score (nSPS) is 18.5. The second kappa shape index (κ2) is 8.55. The van der Waals surface area contributed by atoms with Crippen molar-refractivity contribution in [1.29, 1.82) is 0 Å². The van der Waals surface area contributed by atoms with Crippen LogP contribution in [0.5, 0.6) is 0 Å². The summed E-state index contributed by atoms with van der Waals surface area (Å²) in [5.41, 5.74) is 7.79. The maximum absolute atomic E-state index is 12.2. The summed E-state index contributed by atoms with van der Waals surface area (Å²) in [7, 11) is 0. The lowest BCUT2D eigenvalue weighted by Crippen LogP contribution is -2.67. The molecule has 25 heavy (non-hydrogen) atoms. The van der Waals surface area contributed by atoms with Crippen molar-refractivity contribution < 1.29 is 4.79 Å². The molecule has 0 spiro atoms. The van der Waals surface area contributed by atoms with E-state index in [4.69, 9.17) is 17.3 Å². The first-order valence-electron chi connectivity index (χ1n) is 9.64. The molecule has 1 aromatic rings. The smallest absolute Gasteiger partial charge is 0.220 e. The van der Waals surface area contributed by atoms with Crippen LogP contribution in [0.4, 0.5) is 0 Å². The zero-order chi connectivity index (χ0) is 18.5. The Morgan fingerprint density at radius 3 is 2.44 bits per heavy atom. The molecule has 0 saturated heterocycles. The summed E-state index contributed by atoms with van der Waals surface area (Å²) >= 11 is 6.08. The molecule has 1 atom stereocenters. The van der Waals surface area contributed by atoms with Gasteiger partial charge in [0.2, 0.25) is 5.91 Å². The molecule has 3 N–H and O–H groups in total. The average molecular weight is 365 g/mol. The fourth-order valence-electron chi connectivity index (χ4n) is 4.22. The fraction of sp³-hybridized carbons (Fsp3) is 0.667. The van der Waals surface area contributed by atoms with Crippen molar-refractivity contribution in [3.8, 4) is 0 Å². The van der Waals surface area contributed by atoms with Crippen LogP contribution < -0.4 is 11.1 Å². The molecule has 3 nitrogen and oxygen atoms in total. The van der Waals surface area contributed by atoms with Gasteiger partial charge in [-0.1, -0.05) is 57.3 Å². The maximum atomic E-state index is 12.2. The molecular weight excluding hydrogens is 332 g/mol. The highest BCUT2D eigenvalue weighted by molar-refractivity contribution is 6.30. The van der Waals surface area contributed by atoms with Crippen molar-refractivity contribution in [2.45, 2.75) is 76.7 Å².